The lowest BCUT2D eigenvalue weighted by Gasteiger charge is -2.21. The van der Waals surface area contributed by atoms with E-state index in [1.807, 2.05) is 0 Å². The standard InChI is InChI=1S/C31H24FN5O6/c32-23-22(16-42-31(41)21-14-8-3-9-15-21)43-30(25(23)38)36-18-35-24-26(36)33-17-34-27(24)37(28(39)19-10-4-1-5-11-19)29(40)20-12-6-2-7-13-20/h1-15,17-18,22-23,25,30,38H,16H2/t22-,23-,25+,30-/m0/s1. The Hall–Kier alpha value is -5.33. The molecule has 0 bridgehead atoms. The van der Waals surface area contributed by atoms with Gasteiger partial charge in [0.2, 0.25) is 0 Å². The number of ether oxygens (including phenoxy) is 2. The van der Waals surface area contributed by atoms with E-state index in [-0.39, 0.29) is 33.7 Å². The molecule has 3 heterocycles. The van der Waals surface area contributed by atoms with Crippen molar-refractivity contribution < 1.29 is 33.4 Å². The van der Waals surface area contributed by atoms with Crippen LogP contribution in [0, 0.1) is 0 Å². The Morgan fingerprint density at radius 1 is 0.837 bits per heavy atom. The van der Waals surface area contributed by atoms with Gasteiger partial charge in [-0.2, -0.15) is 0 Å². The summed E-state index contributed by atoms with van der Waals surface area (Å²) >= 11 is 0. The molecular formula is C31H24FN5O6. The molecule has 0 saturated carbocycles. The third-order valence-electron chi connectivity index (χ3n) is 6.95. The van der Waals surface area contributed by atoms with E-state index in [2.05, 4.69) is 15.0 Å². The van der Waals surface area contributed by atoms with Gasteiger partial charge in [0.05, 0.1) is 11.9 Å². The fourth-order valence-electron chi connectivity index (χ4n) is 4.78. The molecule has 1 N–H and O–H groups in total. The number of hydrogen-bond acceptors (Lipinski definition) is 9. The zero-order valence-electron chi connectivity index (χ0n) is 22.4. The van der Waals surface area contributed by atoms with Crippen molar-refractivity contribution >= 4 is 34.8 Å². The second-order valence-corrected chi connectivity index (χ2v) is 9.66. The molecule has 0 spiro atoms. The Bertz CT molecular complexity index is 1720. The quantitative estimate of drug-likeness (QED) is 0.225. The Morgan fingerprint density at radius 3 is 1.98 bits per heavy atom. The SMILES string of the molecule is O=C(OC[C@@H]1O[C@H](n2cnc3c(N(C(=O)c4ccccc4)C(=O)c4ccccc4)ncnc32)[C@H](O)[C@H]1F)c1ccccc1. The van der Waals surface area contributed by atoms with E-state index in [0.717, 1.165) is 11.2 Å². The van der Waals surface area contributed by atoms with E-state index in [9.17, 15) is 19.5 Å². The van der Waals surface area contributed by atoms with Crippen LogP contribution in [0.4, 0.5) is 10.2 Å². The summed E-state index contributed by atoms with van der Waals surface area (Å²) in [7, 11) is 0. The molecule has 1 aliphatic rings. The molecule has 216 valence electrons. The van der Waals surface area contributed by atoms with Crippen LogP contribution < -0.4 is 4.90 Å². The number of benzene rings is 3. The zero-order valence-corrected chi connectivity index (χ0v) is 22.4. The first kappa shape index (κ1) is 27.8. The number of hydrogen-bond donors (Lipinski definition) is 1. The van der Waals surface area contributed by atoms with Crippen molar-refractivity contribution in [1.82, 2.24) is 19.5 Å². The first-order valence-corrected chi connectivity index (χ1v) is 13.3. The van der Waals surface area contributed by atoms with E-state index in [1.54, 1.807) is 91.0 Å². The van der Waals surface area contributed by atoms with Gasteiger partial charge >= 0.3 is 5.97 Å². The third kappa shape index (κ3) is 5.36. The van der Waals surface area contributed by atoms with Crippen LogP contribution in [0.25, 0.3) is 11.2 Å². The number of aromatic nitrogens is 4. The maximum atomic E-state index is 15.1. The smallest absolute Gasteiger partial charge is 0.338 e. The number of aliphatic hydroxyl groups excluding tert-OH is 1. The van der Waals surface area contributed by atoms with Crippen molar-refractivity contribution in [3.63, 3.8) is 0 Å². The van der Waals surface area contributed by atoms with Crippen LogP contribution in [-0.4, -0.2) is 67.4 Å². The highest BCUT2D eigenvalue weighted by Crippen LogP contribution is 2.35. The van der Waals surface area contributed by atoms with Crippen LogP contribution in [0.1, 0.15) is 37.3 Å². The Balaban J connectivity index is 1.31. The third-order valence-corrected chi connectivity index (χ3v) is 6.95. The average molecular weight is 582 g/mol. The van der Waals surface area contributed by atoms with Crippen molar-refractivity contribution in [1.29, 1.82) is 0 Å². The van der Waals surface area contributed by atoms with Gasteiger partial charge in [0.25, 0.3) is 11.8 Å². The summed E-state index contributed by atoms with van der Waals surface area (Å²) in [6.07, 6.45) is -3.76. The van der Waals surface area contributed by atoms with Crippen molar-refractivity contribution in [2.24, 2.45) is 0 Å². The molecule has 0 radical (unpaired) electrons. The number of carbonyl (C=O) groups excluding carboxylic acids is 3. The van der Waals surface area contributed by atoms with Crippen molar-refractivity contribution in [3.05, 3.63) is 120 Å². The summed E-state index contributed by atoms with van der Waals surface area (Å²) in [6.45, 7) is -0.444. The van der Waals surface area contributed by atoms with Crippen molar-refractivity contribution in [2.75, 3.05) is 11.5 Å². The lowest BCUT2D eigenvalue weighted by molar-refractivity contribution is -0.0544. The highest BCUT2D eigenvalue weighted by molar-refractivity contribution is 6.27. The maximum Gasteiger partial charge on any atom is 0.338 e. The van der Waals surface area contributed by atoms with Gasteiger partial charge in [0, 0.05) is 11.1 Å². The molecule has 43 heavy (non-hydrogen) atoms. The zero-order chi connectivity index (χ0) is 29.9. The predicted molar refractivity (Wildman–Crippen MR) is 151 cm³/mol. The molecule has 2 aromatic heterocycles. The molecule has 0 unspecified atom stereocenters. The van der Waals surface area contributed by atoms with Crippen LogP contribution >= 0.6 is 0 Å². The summed E-state index contributed by atoms with van der Waals surface area (Å²) < 4.78 is 27.4. The maximum absolute atomic E-state index is 15.1. The first-order valence-electron chi connectivity index (χ1n) is 13.3. The minimum Gasteiger partial charge on any atom is -0.459 e. The fourth-order valence-corrected chi connectivity index (χ4v) is 4.78. The first-order chi connectivity index (χ1) is 20.9. The minimum atomic E-state index is -1.90. The largest absolute Gasteiger partial charge is 0.459 e. The van der Waals surface area contributed by atoms with E-state index in [1.165, 1.54) is 10.9 Å². The monoisotopic (exact) mass is 581 g/mol. The number of alkyl halides is 1. The van der Waals surface area contributed by atoms with E-state index in [4.69, 9.17) is 9.47 Å². The molecule has 11 nitrogen and oxygen atoms in total. The summed E-state index contributed by atoms with van der Waals surface area (Å²) in [5.74, 6) is -2.06. The summed E-state index contributed by atoms with van der Waals surface area (Å²) in [6, 6.07) is 24.6. The number of fused-ring (bicyclic) bond motifs is 1. The van der Waals surface area contributed by atoms with Crippen LogP contribution in [0.2, 0.25) is 0 Å². The van der Waals surface area contributed by atoms with Gasteiger partial charge in [-0.15, -0.1) is 0 Å². The van der Waals surface area contributed by atoms with E-state index < -0.39 is 49.0 Å². The normalized spacial score (nSPS) is 19.7. The summed E-state index contributed by atoms with van der Waals surface area (Å²) in [4.78, 5) is 53.4. The number of carbonyl (C=O) groups is 3. The van der Waals surface area contributed by atoms with Gasteiger partial charge in [-0.3, -0.25) is 14.2 Å². The molecule has 1 aliphatic heterocycles. The molecule has 1 saturated heterocycles. The Kier molecular flexibility index (Phi) is 7.69. The number of halogens is 1. The van der Waals surface area contributed by atoms with Gasteiger partial charge < -0.3 is 14.6 Å². The van der Waals surface area contributed by atoms with E-state index >= 15 is 4.39 Å². The second-order valence-electron chi connectivity index (χ2n) is 9.66. The average Bonchev–Trinajstić information content (AvgIpc) is 3.61. The molecule has 2 amide bonds. The van der Waals surface area contributed by atoms with Crippen molar-refractivity contribution in [3.8, 4) is 0 Å². The molecule has 0 aliphatic carbocycles. The number of esters is 1. The summed E-state index contributed by atoms with van der Waals surface area (Å²) in [5.41, 5.74) is 0.884. The number of amides is 2. The number of rotatable bonds is 7. The van der Waals surface area contributed by atoms with Gasteiger partial charge in [-0.1, -0.05) is 54.6 Å². The molecule has 5 aromatic rings. The highest BCUT2D eigenvalue weighted by atomic mass is 19.1. The van der Waals surface area contributed by atoms with Crippen molar-refractivity contribution in [2.45, 2.75) is 24.6 Å². The number of aliphatic hydroxyl groups is 1. The van der Waals surface area contributed by atoms with Gasteiger partial charge in [-0.25, -0.2) is 29.0 Å². The predicted octanol–water partition coefficient (Wildman–Crippen LogP) is 3.77. The van der Waals surface area contributed by atoms with Crippen LogP contribution in [0.5, 0.6) is 0 Å². The lowest BCUT2D eigenvalue weighted by atomic mass is 10.1. The molecular weight excluding hydrogens is 557 g/mol. The highest BCUT2D eigenvalue weighted by Gasteiger charge is 2.46. The molecule has 3 aromatic carbocycles. The number of imidazole rings is 1. The molecule has 6 rings (SSSR count). The number of nitrogens with zero attached hydrogens (tertiary/aromatic N) is 5. The van der Waals surface area contributed by atoms with Crippen LogP contribution in [-0.2, 0) is 9.47 Å². The van der Waals surface area contributed by atoms with Crippen LogP contribution in [0.15, 0.2) is 104 Å². The lowest BCUT2D eigenvalue weighted by Crippen LogP contribution is -2.38. The molecule has 4 atom stereocenters. The van der Waals surface area contributed by atoms with Crippen LogP contribution in [0.3, 0.4) is 0 Å². The second kappa shape index (κ2) is 11.9. The molecule has 1 fully saturated rings. The summed E-state index contributed by atoms with van der Waals surface area (Å²) in [5, 5.41) is 10.7. The topological polar surface area (TPSA) is 137 Å². The Labute approximate surface area is 244 Å². The Morgan fingerprint density at radius 2 is 1.40 bits per heavy atom. The number of imide groups is 1. The van der Waals surface area contributed by atoms with Gasteiger partial charge in [-0.05, 0) is 36.4 Å². The van der Waals surface area contributed by atoms with Gasteiger partial charge in [0.15, 0.2) is 29.4 Å². The minimum absolute atomic E-state index is 0.0428. The molecule has 12 heteroatoms. The van der Waals surface area contributed by atoms with E-state index in [0.29, 0.717) is 0 Å². The fraction of sp³-hybridized carbons (Fsp3) is 0.161. The number of anilines is 1. The van der Waals surface area contributed by atoms with Gasteiger partial charge in [0.1, 0.15) is 25.1 Å².